The van der Waals surface area contributed by atoms with Crippen molar-refractivity contribution in [3.63, 3.8) is 0 Å². The van der Waals surface area contributed by atoms with Gasteiger partial charge in [-0.25, -0.2) is 0 Å². The molecule has 2 aromatic carbocycles. The number of hydrogen-bond acceptors (Lipinski definition) is 5. The molecule has 6 nitrogen and oxygen atoms in total. The summed E-state index contributed by atoms with van der Waals surface area (Å²) in [5, 5.41) is 15.8. The number of carbonyl (C=O) groups is 2. The number of piperidine rings is 1. The van der Waals surface area contributed by atoms with E-state index in [1.54, 1.807) is 24.3 Å². The van der Waals surface area contributed by atoms with Crippen molar-refractivity contribution >= 4 is 23.1 Å². The number of para-hydroxylation sites is 1. The number of amides is 1. The molecule has 148 valence electrons. The van der Waals surface area contributed by atoms with Crippen LogP contribution in [0.15, 0.2) is 48.5 Å². The Morgan fingerprint density at radius 1 is 1.11 bits per heavy atom. The number of carbonyl (C=O) groups excluding carboxylic acids is 2. The molecule has 1 aliphatic rings. The molecule has 28 heavy (non-hydrogen) atoms. The first-order valence-electron chi connectivity index (χ1n) is 9.63. The fraction of sp³-hybridized carbons (Fsp3) is 0.364. The maximum Gasteiger partial charge on any atom is 0.238 e. The van der Waals surface area contributed by atoms with Crippen LogP contribution in [0.5, 0.6) is 0 Å². The normalized spacial score (nSPS) is 15.2. The molecule has 1 amide bonds. The van der Waals surface area contributed by atoms with Gasteiger partial charge in [0.05, 0.1) is 13.2 Å². The second-order valence-electron chi connectivity index (χ2n) is 7.20. The molecule has 2 aromatic rings. The average Bonchev–Trinajstić information content (AvgIpc) is 2.70. The average molecular weight is 381 g/mol. The molecule has 0 bridgehead atoms. The molecule has 0 spiro atoms. The monoisotopic (exact) mass is 381 g/mol. The summed E-state index contributed by atoms with van der Waals surface area (Å²) in [6, 6.07) is 15.1. The number of aliphatic hydroxyl groups excluding tert-OH is 1. The van der Waals surface area contributed by atoms with E-state index in [1.807, 2.05) is 24.3 Å². The SMILES string of the molecule is CC(=O)c1cccc(NC(=O)CN2CCC(Nc3ccccc3CO)CC2)c1. The molecule has 1 saturated heterocycles. The molecule has 0 aliphatic carbocycles. The zero-order valence-corrected chi connectivity index (χ0v) is 16.1. The van der Waals surface area contributed by atoms with Crippen LogP contribution in [0.25, 0.3) is 0 Å². The van der Waals surface area contributed by atoms with Gasteiger partial charge in [0.1, 0.15) is 0 Å². The lowest BCUT2D eigenvalue weighted by molar-refractivity contribution is -0.117. The first-order valence-corrected chi connectivity index (χ1v) is 9.63. The van der Waals surface area contributed by atoms with Gasteiger partial charge >= 0.3 is 0 Å². The zero-order valence-electron chi connectivity index (χ0n) is 16.1. The third-order valence-corrected chi connectivity index (χ3v) is 5.05. The van der Waals surface area contributed by atoms with E-state index in [4.69, 9.17) is 0 Å². The van der Waals surface area contributed by atoms with Crippen molar-refractivity contribution in [1.82, 2.24) is 4.90 Å². The summed E-state index contributed by atoms with van der Waals surface area (Å²) in [5.74, 6) is -0.0915. The highest BCUT2D eigenvalue weighted by Crippen LogP contribution is 2.20. The van der Waals surface area contributed by atoms with E-state index in [9.17, 15) is 14.7 Å². The molecule has 0 unspecified atom stereocenters. The molecule has 1 fully saturated rings. The fourth-order valence-corrected chi connectivity index (χ4v) is 3.47. The molecule has 6 heteroatoms. The van der Waals surface area contributed by atoms with Gasteiger partial charge in [0.15, 0.2) is 5.78 Å². The topological polar surface area (TPSA) is 81.7 Å². The number of benzene rings is 2. The van der Waals surface area contributed by atoms with Crippen molar-refractivity contribution in [3.8, 4) is 0 Å². The Morgan fingerprint density at radius 2 is 1.86 bits per heavy atom. The minimum Gasteiger partial charge on any atom is -0.392 e. The van der Waals surface area contributed by atoms with Gasteiger partial charge in [-0.05, 0) is 38.0 Å². The Morgan fingerprint density at radius 3 is 2.57 bits per heavy atom. The molecule has 1 heterocycles. The lowest BCUT2D eigenvalue weighted by Crippen LogP contribution is -2.42. The summed E-state index contributed by atoms with van der Waals surface area (Å²) >= 11 is 0. The molecular weight excluding hydrogens is 354 g/mol. The summed E-state index contributed by atoms with van der Waals surface area (Å²) in [7, 11) is 0. The van der Waals surface area contributed by atoms with E-state index >= 15 is 0 Å². The predicted octanol–water partition coefficient (Wildman–Crippen LogP) is 2.90. The van der Waals surface area contributed by atoms with Gasteiger partial charge in [0, 0.05) is 41.6 Å². The standard InChI is InChI=1S/C22H27N3O3/c1-16(27)17-6-4-7-20(13-17)24-22(28)14-25-11-9-19(10-12-25)23-21-8-3-2-5-18(21)15-26/h2-8,13,19,23,26H,9-12,14-15H2,1H3,(H,24,28). The van der Waals surface area contributed by atoms with E-state index in [-0.39, 0.29) is 18.3 Å². The second kappa shape index (κ2) is 9.48. The van der Waals surface area contributed by atoms with Gasteiger partial charge in [-0.1, -0.05) is 30.3 Å². The van der Waals surface area contributed by atoms with Gasteiger partial charge in [-0.15, -0.1) is 0 Å². The number of ketones is 1. The van der Waals surface area contributed by atoms with E-state index in [1.165, 1.54) is 6.92 Å². The summed E-state index contributed by atoms with van der Waals surface area (Å²) in [5.41, 5.74) is 3.12. The third kappa shape index (κ3) is 5.41. The van der Waals surface area contributed by atoms with Crippen molar-refractivity contribution in [2.75, 3.05) is 30.3 Å². The first kappa shape index (κ1) is 20.0. The van der Waals surface area contributed by atoms with Gasteiger partial charge in [0.25, 0.3) is 0 Å². The summed E-state index contributed by atoms with van der Waals surface area (Å²) < 4.78 is 0. The second-order valence-corrected chi connectivity index (χ2v) is 7.20. The Labute approximate surface area is 165 Å². The van der Waals surface area contributed by atoms with E-state index in [0.717, 1.165) is 37.2 Å². The van der Waals surface area contributed by atoms with Crippen LogP contribution in [0.1, 0.15) is 35.7 Å². The van der Waals surface area contributed by atoms with Gasteiger partial charge in [-0.3, -0.25) is 14.5 Å². The quantitative estimate of drug-likeness (QED) is 0.643. The number of nitrogens with zero attached hydrogens (tertiary/aromatic N) is 1. The number of likely N-dealkylation sites (tertiary alicyclic amines) is 1. The molecule has 1 aliphatic heterocycles. The molecular formula is C22H27N3O3. The third-order valence-electron chi connectivity index (χ3n) is 5.05. The number of Topliss-reactive ketones (excluding diaryl/α,β-unsaturated/α-hetero) is 1. The lowest BCUT2D eigenvalue weighted by Gasteiger charge is -2.32. The highest BCUT2D eigenvalue weighted by atomic mass is 16.3. The minimum atomic E-state index is -0.0715. The Balaban J connectivity index is 1.47. The maximum atomic E-state index is 12.3. The van der Waals surface area contributed by atoms with Crippen molar-refractivity contribution in [1.29, 1.82) is 0 Å². The Bertz CT molecular complexity index is 829. The van der Waals surface area contributed by atoms with Crippen LogP contribution in [0, 0.1) is 0 Å². The Kier molecular flexibility index (Phi) is 6.79. The maximum absolute atomic E-state index is 12.3. The van der Waals surface area contributed by atoms with Crippen molar-refractivity contribution in [2.24, 2.45) is 0 Å². The van der Waals surface area contributed by atoms with Crippen LogP contribution in [-0.2, 0) is 11.4 Å². The summed E-state index contributed by atoms with van der Waals surface area (Å²) in [6.07, 6.45) is 1.87. The highest BCUT2D eigenvalue weighted by Gasteiger charge is 2.21. The molecule has 3 rings (SSSR count). The highest BCUT2D eigenvalue weighted by molar-refractivity contribution is 5.97. The first-order chi connectivity index (χ1) is 13.5. The van der Waals surface area contributed by atoms with E-state index < -0.39 is 0 Å². The summed E-state index contributed by atoms with van der Waals surface area (Å²) in [6.45, 7) is 3.54. The smallest absolute Gasteiger partial charge is 0.238 e. The van der Waals surface area contributed by atoms with Crippen LogP contribution in [-0.4, -0.2) is 47.4 Å². The molecule has 3 N–H and O–H groups in total. The van der Waals surface area contributed by atoms with Gasteiger partial charge < -0.3 is 15.7 Å². The number of nitrogens with one attached hydrogen (secondary N) is 2. The zero-order chi connectivity index (χ0) is 19.9. The van der Waals surface area contributed by atoms with E-state index in [0.29, 0.717) is 23.8 Å². The van der Waals surface area contributed by atoms with Crippen molar-refractivity contribution in [2.45, 2.75) is 32.4 Å². The van der Waals surface area contributed by atoms with Crippen LogP contribution in [0.4, 0.5) is 11.4 Å². The van der Waals surface area contributed by atoms with Gasteiger partial charge in [-0.2, -0.15) is 0 Å². The van der Waals surface area contributed by atoms with Crippen molar-refractivity contribution < 1.29 is 14.7 Å². The number of rotatable bonds is 7. The fourth-order valence-electron chi connectivity index (χ4n) is 3.47. The molecule has 0 saturated carbocycles. The molecule has 0 aromatic heterocycles. The number of anilines is 2. The lowest BCUT2D eigenvalue weighted by atomic mass is 10.0. The van der Waals surface area contributed by atoms with Crippen LogP contribution in [0.2, 0.25) is 0 Å². The number of aliphatic hydroxyl groups is 1. The van der Waals surface area contributed by atoms with E-state index in [2.05, 4.69) is 15.5 Å². The van der Waals surface area contributed by atoms with Gasteiger partial charge in [0.2, 0.25) is 5.91 Å². The largest absolute Gasteiger partial charge is 0.392 e. The van der Waals surface area contributed by atoms with Crippen molar-refractivity contribution in [3.05, 3.63) is 59.7 Å². The minimum absolute atomic E-state index is 0.0200. The van der Waals surface area contributed by atoms with Crippen LogP contribution in [0.3, 0.4) is 0 Å². The van der Waals surface area contributed by atoms with Crippen LogP contribution >= 0.6 is 0 Å². The molecule has 0 radical (unpaired) electrons. The molecule has 0 atom stereocenters. The Hall–Kier alpha value is -2.70. The number of hydrogen-bond donors (Lipinski definition) is 3. The van der Waals surface area contributed by atoms with Crippen LogP contribution < -0.4 is 10.6 Å². The predicted molar refractivity (Wildman–Crippen MR) is 111 cm³/mol. The summed E-state index contributed by atoms with van der Waals surface area (Å²) in [4.78, 5) is 25.9.